The van der Waals surface area contributed by atoms with Crippen LogP contribution >= 0.6 is 23.2 Å². The van der Waals surface area contributed by atoms with Crippen molar-refractivity contribution in [2.45, 2.75) is 19.4 Å². The molecule has 23 heavy (non-hydrogen) atoms. The van der Waals surface area contributed by atoms with Gasteiger partial charge in [0.15, 0.2) is 0 Å². The van der Waals surface area contributed by atoms with Crippen molar-refractivity contribution in [3.8, 4) is 0 Å². The summed E-state index contributed by atoms with van der Waals surface area (Å²) in [4.78, 5) is 15.5. The molecule has 1 amide bonds. The van der Waals surface area contributed by atoms with E-state index < -0.39 is 0 Å². The quantitative estimate of drug-likeness (QED) is 0.693. The van der Waals surface area contributed by atoms with Gasteiger partial charge < -0.3 is 10.3 Å². The van der Waals surface area contributed by atoms with E-state index in [0.717, 1.165) is 22.0 Å². The number of hydrogen-bond donors (Lipinski definition) is 2. The van der Waals surface area contributed by atoms with Crippen LogP contribution in [0.25, 0.3) is 10.9 Å². The summed E-state index contributed by atoms with van der Waals surface area (Å²) < 4.78 is 0. The highest BCUT2D eigenvalue weighted by molar-refractivity contribution is 6.35. The fourth-order valence-corrected chi connectivity index (χ4v) is 3.25. The first-order valence-electron chi connectivity index (χ1n) is 7.34. The number of carbonyl (C=O) groups excluding carboxylic acids is 1. The van der Waals surface area contributed by atoms with Crippen molar-refractivity contribution in [3.63, 3.8) is 0 Å². The lowest BCUT2D eigenvalue weighted by Gasteiger charge is -2.16. The Kier molecular flexibility index (Phi) is 4.60. The van der Waals surface area contributed by atoms with Crippen LogP contribution in [0.5, 0.6) is 0 Å². The van der Waals surface area contributed by atoms with Gasteiger partial charge in [-0.1, -0.05) is 47.5 Å². The van der Waals surface area contributed by atoms with Gasteiger partial charge in [-0.25, -0.2) is 0 Å². The number of rotatable bonds is 4. The average Bonchev–Trinajstić information content (AvgIpc) is 2.90. The molecule has 0 saturated carbocycles. The normalized spacial score (nSPS) is 12.3. The first-order chi connectivity index (χ1) is 11.0. The molecular formula is C18H16Cl2N2O. The summed E-state index contributed by atoms with van der Waals surface area (Å²) in [6, 6.07) is 13.0. The highest BCUT2D eigenvalue weighted by atomic mass is 35.5. The van der Waals surface area contributed by atoms with Gasteiger partial charge in [-0.15, -0.1) is 0 Å². The predicted octanol–water partition coefficient (Wildman–Crippen LogP) is 4.89. The van der Waals surface area contributed by atoms with Crippen molar-refractivity contribution in [2.75, 3.05) is 0 Å². The molecule has 0 radical (unpaired) electrons. The molecular weight excluding hydrogens is 331 g/mol. The van der Waals surface area contributed by atoms with Crippen molar-refractivity contribution in [1.82, 2.24) is 10.3 Å². The van der Waals surface area contributed by atoms with E-state index in [1.165, 1.54) is 0 Å². The van der Waals surface area contributed by atoms with Gasteiger partial charge in [0, 0.05) is 27.1 Å². The Bertz CT molecular complexity index is 857. The van der Waals surface area contributed by atoms with E-state index in [0.29, 0.717) is 16.5 Å². The Balaban J connectivity index is 1.71. The molecule has 1 aromatic heterocycles. The van der Waals surface area contributed by atoms with Crippen LogP contribution < -0.4 is 5.32 Å². The largest absolute Gasteiger partial charge is 0.361 e. The lowest BCUT2D eigenvalue weighted by molar-refractivity contribution is -0.121. The van der Waals surface area contributed by atoms with Crippen molar-refractivity contribution < 1.29 is 4.79 Å². The van der Waals surface area contributed by atoms with Gasteiger partial charge in [-0.3, -0.25) is 4.79 Å². The van der Waals surface area contributed by atoms with Crippen LogP contribution in [-0.4, -0.2) is 10.9 Å². The van der Waals surface area contributed by atoms with E-state index in [1.807, 2.05) is 43.5 Å². The molecule has 2 N–H and O–H groups in total. The zero-order valence-electron chi connectivity index (χ0n) is 12.6. The lowest BCUT2D eigenvalue weighted by Crippen LogP contribution is -2.28. The van der Waals surface area contributed by atoms with Crippen molar-refractivity contribution in [2.24, 2.45) is 0 Å². The van der Waals surface area contributed by atoms with Crippen LogP contribution in [0.3, 0.4) is 0 Å². The molecule has 2 aromatic carbocycles. The van der Waals surface area contributed by atoms with Gasteiger partial charge in [0.2, 0.25) is 5.91 Å². The van der Waals surface area contributed by atoms with Crippen LogP contribution in [0.15, 0.2) is 48.7 Å². The molecule has 0 spiro atoms. The van der Waals surface area contributed by atoms with Crippen LogP contribution in [0, 0.1) is 0 Å². The van der Waals surface area contributed by atoms with Gasteiger partial charge in [0.1, 0.15) is 0 Å². The maximum atomic E-state index is 12.3. The smallest absolute Gasteiger partial charge is 0.224 e. The maximum Gasteiger partial charge on any atom is 0.224 e. The number of fused-ring (bicyclic) bond motifs is 1. The minimum absolute atomic E-state index is 0.0479. The van der Waals surface area contributed by atoms with Crippen LogP contribution in [-0.2, 0) is 11.2 Å². The molecule has 0 fully saturated rings. The molecule has 5 heteroatoms. The molecule has 1 unspecified atom stereocenters. The topological polar surface area (TPSA) is 44.9 Å². The third-order valence-electron chi connectivity index (χ3n) is 3.83. The third-order valence-corrected chi connectivity index (χ3v) is 4.39. The number of carbonyl (C=O) groups is 1. The Hall–Kier alpha value is -1.97. The lowest BCUT2D eigenvalue weighted by atomic mass is 10.1. The molecule has 1 atom stereocenters. The number of para-hydroxylation sites is 1. The molecule has 3 aromatic rings. The summed E-state index contributed by atoms with van der Waals surface area (Å²) in [5, 5.41) is 5.18. The van der Waals surface area contributed by atoms with E-state index in [4.69, 9.17) is 23.2 Å². The Morgan fingerprint density at radius 2 is 2.00 bits per heavy atom. The zero-order valence-corrected chi connectivity index (χ0v) is 14.1. The summed E-state index contributed by atoms with van der Waals surface area (Å²) in [5.74, 6) is -0.0479. The van der Waals surface area contributed by atoms with Crippen LogP contribution in [0.4, 0.5) is 0 Å². The van der Waals surface area contributed by atoms with Crippen molar-refractivity contribution in [3.05, 3.63) is 69.8 Å². The van der Waals surface area contributed by atoms with Gasteiger partial charge in [-0.05, 0) is 36.2 Å². The maximum absolute atomic E-state index is 12.3. The number of nitrogens with one attached hydrogen (secondary N) is 2. The summed E-state index contributed by atoms with van der Waals surface area (Å²) in [6.07, 6.45) is 2.20. The summed E-state index contributed by atoms with van der Waals surface area (Å²) in [7, 11) is 0. The van der Waals surface area contributed by atoms with E-state index in [9.17, 15) is 4.79 Å². The number of hydrogen-bond acceptors (Lipinski definition) is 1. The monoisotopic (exact) mass is 346 g/mol. The number of aromatic amines is 1. The van der Waals surface area contributed by atoms with Crippen LogP contribution in [0.2, 0.25) is 10.0 Å². The predicted molar refractivity (Wildman–Crippen MR) is 95.0 cm³/mol. The fourth-order valence-electron chi connectivity index (χ4n) is 2.67. The molecule has 0 saturated heterocycles. The summed E-state index contributed by atoms with van der Waals surface area (Å²) in [6.45, 7) is 1.91. The number of amides is 1. The standard InChI is InChI=1S/C18H16Cl2N2O/c1-11(14-7-6-13(19)9-16(14)20)22-18(23)8-12-10-21-17-5-3-2-4-15(12)17/h2-7,9-11,21H,8H2,1H3,(H,22,23). The van der Waals surface area contributed by atoms with E-state index in [2.05, 4.69) is 10.3 Å². The van der Waals surface area contributed by atoms with Gasteiger partial charge in [0.05, 0.1) is 12.5 Å². The molecule has 0 aliphatic rings. The van der Waals surface area contributed by atoms with Gasteiger partial charge in [-0.2, -0.15) is 0 Å². The summed E-state index contributed by atoms with van der Waals surface area (Å²) in [5.41, 5.74) is 2.86. The Morgan fingerprint density at radius 1 is 1.22 bits per heavy atom. The van der Waals surface area contributed by atoms with Crippen LogP contribution in [0.1, 0.15) is 24.1 Å². The minimum atomic E-state index is -0.183. The first kappa shape index (κ1) is 15.9. The second-order valence-electron chi connectivity index (χ2n) is 5.49. The number of H-pyrrole nitrogens is 1. The molecule has 0 aliphatic heterocycles. The average molecular weight is 347 g/mol. The Labute approximate surface area is 144 Å². The highest BCUT2D eigenvalue weighted by Gasteiger charge is 2.14. The third kappa shape index (κ3) is 3.52. The molecule has 3 nitrogen and oxygen atoms in total. The second kappa shape index (κ2) is 6.65. The van der Waals surface area contributed by atoms with E-state index in [1.54, 1.807) is 12.1 Å². The van der Waals surface area contributed by atoms with E-state index in [-0.39, 0.29) is 11.9 Å². The van der Waals surface area contributed by atoms with Crippen molar-refractivity contribution in [1.29, 1.82) is 0 Å². The SMILES string of the molecule is CC(NC(=O)Cc1c[nH]c2ccccc12)c1ccc(Cl)cc1Cl. The molecule has 118 valence electrons. The second-order valence-corrected chi connectivity index (χ2v) is 6.33. The number of aromatic nitrogens is 1. The molecule has 1 heterocycles. The minimum Gasteiger partial charge on any atom is -0.361 e. The molecule has 0 aliphatic carbocycles. The Morgan fingerprint density at radius 3 is 2.78 bits per heavy atom. The fraction of sp³-hybridized carbons (Fsp3) is 0.167. The zero-order chi connectivity index (χ0) is 16.4. The molecule has 0 bridgehead atoms. The highest BCUT2D eigenvalue weighted by Crippen LogP contribution is 2.26. The summed E-state index contributed by atoms with van der Waals surface area (Å²) >= 11 is 12.1. The number of halogens is 2. The van der Waals surface area contributed by atoms with Crippen molar-refractivity contribution >= 4 is 40.0 Å². The van der Waals surface area contributed by atoms with Gasteiger partial charge in [0.25, 0.3) is 0 Å². The molecule has 3 rings (SSSR count). The first-order valence-corrected chi connectivity index (χ1v) is 8.09. The van der Waals surface area contributed by atoms with Gasteiger partial charge >= 0.3 is 0 Å². The van der Waals surface area contributed by atoms with E-state index >= 15 is 0 Å². The number of benzene rings is 2.